The molecule has 0 radical (unpaired) electrons. The van der Waals surface area contributed by atoms with E-state index in [2.05, 4.69) is 0 Å². The quantitative estimate of drug-likeness (QED) is 0.679. The van der Waals surface area contributed by atoms with E-state index in [0.29, 0.717) is 12.4 Å². The van der Waals surface area contributed by atoms with Crippen LogP contribution in [0.15, 0.2) is 12.1 Å². The fourth-order valence-electron chi connectivity index (χ4n) is 6.85. The van der Waals surface area contributed by atoms with Crippen LogP contribution >= 0.6 is 0 Å². The van der Waals surface area contributed by atoms with Crippen LogP contribution < -0.4 is 9.46 Å². The van der Waals surface area contributed by atoms with E-state index in [1.165, 1.54) is 57.1 Å². The van der Waals surface area contributed by atoms with Gasteiger partial charge in [-0.15, -0.1) is 0 Å². The normalized spacial score (nSPS) is 32.4. The molecule has 0 heterocycles. The van der Waals surface area contributed by atoms with Crippen molar-refractivity contribution in [2.75, 3.05) is 12.9 Å². The molecule has 5 fully saturated rings. The first-order valence-electron chi connectivity index (χ1n) is 11.7. The molecule has 2 unspecified atom stereocenters. The monoisotopic (exact) mass is 449 g/mol. The molecule has 170 valence electrons. The largest absolute Gasteiger partial charge is 0.493 e. The number of nitrogens with one attached hydrogen (secondary N) is 1. The molecule has 5 aliphatic carbocycles. The first-order chi connectivity index (χ1) is 14.7. The number of carbonyl (C=O) groups excluding carboxylic acids is 1. The van der Waals surface area contributed by atoms with Gasteiger partial charge < -0.3 is 4.74 Å². The van der Waals surface area contributed by atoms with E-state index in [4.69, 9.17) is 4.74 Å². The molecule has 5 saturated carbocycles. The molecule has 1 amide bonds. The third kappa shape index (κ3) is 4.35. The molecule has 0 aromatic heterocycles. The van der Waals surface area contributed by atoms with Crippen LogP contribution in [0.3, 0.4) is 0 Å². The summed E-state index contributed by atoms with van der Waals surface area (Å²) in [6.45, 7) is 0.612. The Kier molecular flexibility index (Phi) is 5.31. The second-order valence-electron chi connectivity index (χ2n) is 10.7. The molecule has 31 heavy (non-hydrogen) atoms. The highest BCUT2D eigenvalue weighted by atomic mass is 32.2. The highest BCUT2D eigenvalue weighted by Gasteiger charge is 2.48. The number of sulfonamides is 1. The highest BCUT2D eigenvalue weighted by Crippen LogP contribution is 2.57. The summed E-state index contributed by atoms with van der Waals surface area (Å²) in [5, 5.41) is 0. The minimum absolute atomic E-state index is 0.193. The number of hydrogen-bond acceptors (Lipinski definition) is 4. The van der Waals surface area contributed by atoms with Crippen molar-refractivity contribution in [3.63, 3.8) is 0 Å². The van der Waals surface area contributed by atoms with Gasteiger partial charge >= 0.3 is 0 Å². The molecular weight excluding hydrogens is 417 g/mol. The zero-order valence-electron chi connectivity index (χ0n) is 18.2. The molecular formula is C24H32FNO4S. The van der Waals surface area contributed by atoms with Gasteiger partial charge in [-0.2, -0.15) is 0 Å². The van der Waals surface area contributed by atoms with E-state index in [-0.39, 0.29) is 16.9 Å². The van der Waals surface area contributed by atoms with Gasteiger partial charge in [-0.05, 0) is 93.1 Å². The zero-order chi connectivity index (χ0) is 21.8. The van der Waals surface area contributed by atoms with Crippen molar-refractivity contribution in [2.45, 2.75) is 70.1 Å². The lowest BCUT2D eigenvalue weighted by molar-refractivity contribution is 0.0269. The SMILES string of the molecule is CS(=O)(=O)NC(=O)c1cc(C2CCC2)c(OCC23CCC4CC(CC(C4)C2)C3)cc1F. The molecule has 0 aliphatic heterocycles. The van der Waals surface area contributed by atoms with Crippen LogP contribution in [0, 0.1) is 29.0 Å². The number of hydrogen-bond donors (Lipinski definition) is 1. The maximum Gasteiger partial charge on any atom is 0.267 e. The first-order valence-corrected chi connectivity index (χ1v) is 13.6. The van der Waals surface area contributed by atoms with Crippen LogP contribution in [0.25, 0.3) is 0 Å². The molecule has 5 aliphatic rings. The van der Waals surface area contributed by atoms with Crippen molar-refractivity contribution in [1.82, 2.24) is 4.72 Å². The van der Waals surface area contributed by atoms with E-state index in [9.17, 15) is 17.6 Å². The number of amides is 1. The van der Waals surface area contributed by atoms with E-state index in [1.54, 1.807) is 0 Å². The van der Waals surface area contributed by atoms with Gasteiger partial charge in [-0.3, -0.25) is 4.79 Å². The van der Waals surface area contributed by atoms with Crippen molar-refractivity contribution < 1.29 is 22.3 Å². The summed E-state index contributed by atoms with van der Waals surface area (Å²) in [4.78, 5) is 12.3. The van der Waals surface area contributed by atoms with E-state index < -0.39 is 21.7 Å². The maximum atomic E-state index is 14.9. The molecule has 0 saturated heterocycles. The Morgan fingerprint density at radius 1 is 1.13 bits per heavy atom. The molecule has 6 rings (SSSR count). The van der Waals surface area contributed by atoms with Crippen LogP contribution in [0.5, 0.6) is 5.75 Å². The minimum Gasteiger partial charge on any atom is -0.493 e. The van der Waals surface area contributed by atoms with Crippen molar-refractivity contribution in [3.8, 4) is 5.75 Å². The first kappa shape index (κ1) is 21.2. The predicted molar refractivity (Wildman–Crippen MR) is 116 cm³/mol. The van der Waals surface area contributed by atoms with Gasteiger partial charge in [0.25, 0.3) is 5.91 Å². The molecule has 1 aromatic rings. The average molecular weight is 450 g/mol. The van der Waals surface area contributed by atoms with Crippen LogP contribution in [0.1, 0.15) is 86.0 Å². The van der Waals surface area contributed by atoms with Crippen LogP contribution in [-0.4, -0.2) is 27.2 Å². The molecule has 0 spiro atoms. The standard InChI is InChI=1S/C24H32FNO4S/c1-31(28,29)26-23(27)20-10-19(18-3-2-4-18)22(11-21(20)25)30-14-24-6-5-15-7-16(12-24)9-17(8-15)13-24/h10-11,15-18H,2-9,12-14H2,1H3,(H,26,27). The van der Waals surface area contributed by atoms with Crippen LogP contribution in [0.2, 0.25) is 0 Å². The zero-order valence-corrected chi connectivity index (χ0v) is 19.0. The number of ether oxygens (including phenoxy) is 1. The molecule has 4 bridgehead atoms. The van der Waals surface area contributed by atoms with Crippen molar-refractivity contribution >= 4 is 15.9 Å². The van der Waals surface area contributed by atoms with Crippen LogP contribution in [-0.2, 0) is 10.0 Å². The maximum absolute atomic E-state index is 14.9. The Bertz CT molecular complexity index is 974. The molecule has 1 aromatic carbocycles. The van der Waals surface area contributed by atoms with E-state index >= 15 is 0 Å². The summed E-state index contributed by atoms with van der Waals surface area (Å²) in [5.41, 5.74) is 0.803. The lowest BCUT2D eigenvalue weighted by Gasteiger charge is -2.45. The summed E-state index contributed by atoms with van der Waals surface area (Å²) in [5.74, 6) is 1.61. The van der Waals surface area contributed by atoms with E-state index in [1.807, 2.05) is 4.72 Å². The van der Waals surface area contributed by atoms with Gasteiger partial charge in [-0.25, -0.2) is 17.5 Å². The number of carbonyl (C=O) groups is 1. The summed E-state index contributed by atoms with van der Waals surface area (Å²) in [6, 6.07) is 2.82. The Balaban J connectivity index is 1.40. The summed E-state index contributed by atoms with van der Waals surface area (Å²) >= 11 is 0. The van der Waals surface area contributed by atoms with Gasteiger partial charge in [0.15, 0.2) is 0 Å². The second kappa shape index (κ2) is 7.75. The summed E-state index contributed by atoms with van der Waals surface area (Å²) < 4.78 is 46.0. The van der Waals surface area contributed by atoms with Crippen molar-refractivity contribution in [2.24, 2.45) is 23.2 Å². The van der Waals surface area contributed by atoms with Gasteiger partial charge in [-0.1, -0.05) is 6.42 Å². The van der Waals surface area contributed by atoms with Crippen molar-refractivity contribution in [1.29, 1.82) is 0 Å². The number of rotatable bonds is 6. The summed E-state index contributed by atoms with van der Waals surface area (Å²) in [7, 11) is -3.76. The number of halogens is 1. The summed E-state index contributed by atoms with van der Waals surface area (Å²) in [6.07, 6.45) is 13.0. The van der Waals surface area contributed by atoms with Gasteiger partial charge in [0, 0.05) is 11.5 Å². The smallest absolute Gasteiger partial charge is 0.267 e. The Morgan fingerprint density at radius 2 is 1.81 bits per heavy atom. The Hall–Kier alpha value is -1.63. The fourth-order valence-corrected chi connectivity index (χ4v) is 7.29. The third-order valence-electron chi connectivity index (χ3n) is 8.23. The highest BCUT2D eigenvalue weighted by molar-refractivity contribution is 7.89. The minimum atomic E-state index is -3.76. The Labute approximate surface area is 184 Å². The molecule has 2 atom stereocenters. The average Bonchev–Trinajstić information content (AvgIpc) is 2.82. The lowest BCUT2D eigenvalue weighted by atomic mass is 9.62. The van der Waals surface area contributed by atoms with E-state index in [0.717, 1.165) is 48.8 Å². The van der Waals surface area contributed by atoms with Gasteiger partial charge in [0.05, 0.1) is 18.4 Å². The van der Waals surface area contributed by atoms with Crippen LogP contribution in [0.4, 0.5) is 4.39 Å². The predicted octanol–water partition coefficient (Wildman–Crippen LogP) is 4.77. The van der Waals surface area contributed by atoms with Gasteiger partial charge in [0.2, 0.25) is 10.0 Å². The number of fused-ring (bicyclic) bond motifs is 1. The molecule has 1 N–H and O–H groups in total. The number of benzene rings is 1. The molecule has 7 heteroatoms. The van der Waals surface area contributed by atoms with Crippen molar-refractivity contribution in [3.05, 3.63) is 29.1 Å². The second-order valence-corrected chi connectivity index (χ2v) is 12.5. The fraction of sp³-hybridized carbons (Fsp3) is 0.708. The lowest BCUT2D eigenvalue weighted by Crippen LogP contribution is -2.38. The molecule has 5 nitrogen and oxygen atoms in total. The topological polar surface area (TPSA) is 72.5 Å². The van der Waals surface area contributed by atoms with Gasteiger partial charge in [0.1, 0.15) is 11.6 Å². The third-order valence-corrected chi connectivity index (χ3v) is 8.78. The Morgan fingerprint density at radius 3 is 2.42 bits per heavy atom.